The van der Waals surface area contributed by atoms with E-state index in [9.17, 15) is 0 Å². The molecule has 86 valence electrons. The van der Waals surface area contributed by atoms with E-state index in [4.69, 9.17) is 4.98 Å². The Kier molecular flexibility index (Phi) is 2.25. The lowest BCUT2D eigenvalue weighted by Crippen LogP contribution is -2.24. The van der Waals surface area contributed by atoms with Crippen molar-refractivity contribution in [3.05, 3.63) is 22.8 Å². The average Bonchev–Trinajstić information content (AvgIpc) is 2.84. The van der Waals surface area contributed by atoms with Crippen LogP contribution in [0.3, 0.4) is 0 Å². The molecule has 3 atom stereocenters. The molecule has 3 heterocycles. The van der Waals surface area contributed by atoms with Crippen molar-refractivity contribution in [1.29, 1.82) is 0 Å². The summed E-state index contributed by atoms with van der Waals surface area (Å²) in [5.74, 6) is 1.47. The summed E-state index contributed by atoms with van der Waals surface area (Å²) >= 11 is 0. The highest BCUT2D eigenvalue weighted by molar-refractivity contribution is 5.24. The Morgan fingerprint density at radius 1 is 1.00 bits per heavy atom. The minimum Gasteiger partial charge on any atom is -0.302 e. The van der Waals surface area contributed by atoms with Crippen LogP contribution in [0, 0.1) is 26.7 Å². The Morgan fingerprint density at radius 2 is 1.75 bits per heavy atom. The van der Waals surface area contributed by atoms with Crippen LogP contribution in [-0.4, -0.2) is 34.5 Å². The predicted molar refractivity (Wildman–Crippen MR) is 63.5 cm³/mol. The SMILES string of the molecule is Cc1nc(C)c(C2CN3CCC2C3)nc1C. The van der Waals surface area contributed by atoms with Gasteiger partial charge in [-0.1, -0.05) is 0 Å². The number of aryl methyl sites for hydroxylation is 3. The Hall–Kier alpha value is -0.960. The molecule has 3 rings (SSSR count). The molecule has 2 aliphatic rings. The molecule has 0 spiro atoms. The molecule has 3 heteroatoms. The zero-order chi connectivity index (χ0) is 11.3. The Balaban J connectivity index is 1.98. The maximum absolute atomic E-state index is 4.78. The van der Waals surface area contributed by atoms with E-state index in [2.05, 4.69) is 23.7 Å². The summed E-state index contributed by atoms with van der Waals surface area (Å²) in [6.45, 7) is 9.98. The van der Waals surface area contributed by atoms with E-state index in [-0.39, 0.29) is 0 Å². The molecule has 0 amide bonds. The topological polar surface area (TPSA) is 29.0 Å². The first-order valence-electron chi connectivity index (χ1n) is 6.19. The molecule has 0 N–H and O–H groups in total. The maximum atomic E-state index is 4.78. The molecule has 2 saturated heterocycles. The van der Waals surface area contributed by atoms with Crippen molar-refractivity contribution < 1.29 is 0 Å². The smallest absolute Gasteiger partial charge is 0.0666 e. The fourth-order valence-electron chi connectivity index (χ4n) is 3.18. The Morgan fingerprint density at radius 3 is 2.38 bits per heavy atom. The number of aromatic nitrogens is 2. The van der Waals surface area contributed by atoms with E-state index in [1.54, 1.807) is 0 Å². The number of piperidine rings is 1. The number of hydrogen-bond acceptors (Lipinski definition) is 3. The fourth-order valence-corrected chi connectivity index (χ4v) is 3.18. The van der Waals surface area contributed by atoms with E-state index >= 15 is 0 Å². The van der Waals surface area contributed by atoms with Gasteiger partial charge in [-0.2, -0.15) is 0 Å². The monoisotopic (exact) mass is 217 g/mol. The van der Waals surface area contributed by atoms with Crippen LogP contribution in [0.15, 0.2) is 0 Å². The molecule has 2 bridgehead atoms. The highest BCUT2D eigenvalue weighted by atomic mass is 15.2. The second-order valence-corrected chi connectivity index (χ2v) is 5.28. The average molecular weight is 217 g/mol. The predicted octanol–water partition coefficient (Wildman–Crippen LogP) is 1.82. The summed E-state index contributed by atoms with van der Waals surface area (Å²) in [5.41, 5.74) is 4.57. The second-order valence-electron chi connectivity index (χ2n) is 5.28. The van der Waals surface area contributed by atoms with Crippen molar-refractivity contribution in [2.75, 3.05) is 19.6 Å². The first-order chi connectivity index (χ1) is 7.65. The van der Waals surface area contributed by atoms with Crippen molar-refractivity contribution in [3.63, 3.8) is 0 Å². The van der Waals surface area contributed by atoms with Gasteiger partial charge in [0, 0.05) is 19.0 Å². The summed E-state index contributed by atoms with van der Waals surface area (Å²) < 4.78 is 0. The van der Waals surface area contributed by atoms with Gasteiger partial charge in [0.2, 0.25) is 0 Å². The molecular formula is C13H19N3. The van der Waals surface area contributed by atoms with Gasteiger partial charge in [0.05, 0.1) is 22.8 Å². The molecule has 3 unspecified atom stereocenters. The summed E-state index contributed by atoms with van der Waals surface area (Å²) in [4.78, 5) is 12.0. The molecule has 2 aliphatic heterocycles. The fraction of sp³-hybridized carbons (Fsp3) is 0.692. The van der Waals surface area contributed by atoms with Crippen LogP contribution in [0.1, 0.15) is 35.1 Å². The lowest BCUT2D eigenvalue weighted by Gasteiger charge is -2.23. The number of rotatable bonds is 1. The summed E-state index contributed by atoms with van der Waals surface area (Å²) in [6.07, 6.45) is 1.35. The van der Waals surface area contributed by atoms with Gasteiger partial charge in [-0.15, -0.1) is 0 Å². The quantitative estimate of drug-likeness (QED) is 0.718. The molecule has 3 nitrogen and oxygen atoms in total. The van der Waals surface area contributed by atoms with Crippen LogP contribution in [0.5, 0.6) is 0 Å². The summed E-state index contributed by atoms with van der Waals surface area (Å²) in [5, 5.41) is 0. The number of nitrogens with zero attached hydrogens (tertiary/aromatic N) is 3. The van der Waals surface area contributed by atoms with Crippen LogP contribution in [-0.2, 0) is 0 Å². The van der Waals surface area contributed by atoms with Crippen molar-refractivity contribution in [2.24, 2.45) is 5.92 Å². The van der Waals surface area contributed by atoms with E-state index in [1.807, 2.05) is 6.92 Å². The lowest BCUT2D eigenvalue weighted by atomic mass is 9.88. The summed E-state index contributed by atoms with van der Waals surface area (Å²) in [6, 6.07) is 0. The van der Waals surface area contributed by atoms with Crippen LogP contribution >= 0.6 is 0 Å². The van der Waals surface area contributed by atoms with Crippen molar-refractivity contribution in [1.82, 2.24) is 14.9 Å². The van der Waals surface area contributed by atoms with Crippen LogP contribution in [0.4, 0.5) is 0 Å². The third-order valence-electron chi connectivity index (χ3n) is 4.20. The van der Waals surface area contributed by atoms with Gasteiger partial charge in [-0.25, -0.2) is 0 Å². The second kappa shape index (κ2) is 3.52. The molecule has 0 radical (unpaired) electrons. The van der Waals surface area contributed by atoms with Crippen molar-refractivity contribution in [2.45, 2.75) is 33.1 Å². The van der Waals surface area contributed by atoms with E-state index in [1.165, 1.54) is 31.7 Å². The van der Waals surface area contributed by atoms with Gasteiger partial charge < -0.3 is 4.90 Å². The van der Waals surface area contributed by atoms with Gasteiger partial charge in [0.15, 0.2) is 0 Å². The molecule has 1 aromatic rings. The molecule has 2 fully saturated rings. The first kappa shape index (κ1) is 10.2. The zero-order valence-electron chi connectivity index (χ0n) is 10.3. The van der Waals surface area contributed by atoms with E-state index < -0.39 is 0 Å². The molecule has 16 heavy (non-hydrogen) atoms. The standard InChI is InChI=1S/C13H19N3/c1-8-9(2)15-13(10(3)14-8)12-7-16-5-4-11(12)6-16/h11-12H,4-7H2,1-3H3. The lowest BCUT2D eigenvalue weighted by molar-refractivity contribution is 0.342. The zero-order valence-corrected chi connectivity index (χ0v) is 10.3. The highest BCUT2D eigenvalue weighted by Gasteiger charge is 2.40. The van der Waals surface area contributed by atoms with E-state index in [0.717, 1.165) is 23.0 Å². The van der Waals surface area contributed by atoms with Gasteiger partial charge in [-0.3, -0.25) is 9.97 Å². The van der Waals surface area contributed by atoms with Gasteiger partial charge >= 0.3 is 0 Å². The molecule has 0 aromatic carbocycles. The largest absolute Gasteiger partial charge is 0.302 e. The normalized spacial score (nSPS) is 32.3. The van der Waals surface area contributed by atoms with E-state index in [0.29, 0.717) is 5.92 Å². The molecular weight excluding hydrogens is 198 g/mol. The van der Waals surface area contributed by atoms with Crippen LogP contribution in [0.25, 0.3) is 0 Å². The number of hydrogen-bond donors (Lipinski definition) is 0. The third-order valence-corrected chi connectivity index (χ3v) is 4.20. The minimum atomic E-state index is 0.639. The maximum Gasteiger partial charge on any atom is 0.0666 e. The molecule has 1 aromatic heterocycles. The van der Waals surface area contributed by atoms with Gasteiger partial charge in [0.1, 0.15) is 0 Å². The van der Waals surface area contributed by atoms with Crippen molar-refractivity contribution in [3.8, 4) is 0 Å². The Labute approximate surface area is 96.9 Å². The van der Waals surface area contributed by atoms with Crippen molar-refractivity contribution >= 4 is 0 Å². The Bertz CT molecular complexity index is 427. The minimum absolute atomic E-state index is 0.639. The molecule has 0 saturated carbocycles. The first-order valence-corrected chi connectivity index (χ1v) is 6.19. The van der Waals surface area contributed by atoms with Crippen LogP contribution in [0.2, 0.25) is 0 Å². The summed E-state index contributed by atoms with van der Waals surface area (Å²) in [7, 11) is 0. The number of fused-ring (bicyclic) bond motifs is 2. The van der Waals surface area contributed by atoms with Gasteiger partial charge in [-0.05, 0) is 39.7 Å². The highest BCUT2D eigenvalue weighted by Crippen LogP contribution is 2.39. The third kappa shape index (κ3) is 1.46. The van der Waals surface area contributed by atoms with Gasteiger partial charge in [0.25, 0.3) is 0 Å². The van der Waals surface area contributed by atoms with Crippen LogP contribution < -0.4 is 0 Å². The molecule has 0 aliphatic carbocycles.